The molecule has 0 aliphatic carbocycles. The van der Waals surface area contributed by atoms with Gasteiger partial charge in [0.25, 0.3) is 11.9 Å². The van der Waals surface area contributed by atoms with Crippen LogP contribution in [0.2, 0.25) is 0 Å². The van der Waals surface area contributed by atoms with Gasteiger partial charge in [-0.1, -0.05) is 0 Å². The second-order valence-corrected chi connectivity index (χ2v) is 4.25. The maximum Gasteiger partial charge on any atom is 0.253 e. The van der Waals surface area contributed by atoms with E-state index in [1.165, 1.54) is 0 Å². The number of rotatable bonds is 3. The number of anilines is 1. The van der Waals surface area contributed by atoms with Crippen LogP contribution in [-0.4, -0.2) is 24.2 Å². The molecule has 2 heterocycles. The van der Waals surface area contributed by atoms with Crippen LogP contribution in [0.3, 0.4) is 0 Å². The van der Waals surface area contributed by atoms with Crippen LogP contribution in [0.5, 0.6) is 0 Å². The smallest absolute Gasteiger partial charge is 0.253 e. The van der Waals surface area contributed by atoms with E-state index >= 15 is 0 Å². The number of nitrogens with one attached hydrogen (secondary N) is 1. The van der Waals surface area contributed by atoms with Crippen molar-refractivity contribution in [1.29, 1.82) is 0 Å². The van der Waals surface area contributed by atoms with Crippen LogP contribution in [0.1, 0.15) is 13.3 Å². The van der Waals surface area contributed by atoms with Crippen LogP contribution in [0, 0.1) is 29.4 Å². The Morgan fingerprint density at radius 1 is 1.22 bits per heavy atom. The summed E-state index contributed by atoms with van der Waals surface area (Å²) in [6, 6.07) is -0.363. The fourth-order valence-electron chi connectivity index (χ4n) is 1.91. The maximum atomic E-state index is 13.4. The lowest BCUT2D eigenvalue weighted by atomic mass is 10.0. The standard InChI is InChI=1S/C11H12F4N2O/c1-5(6-2-3-18-4-6)16-9-7(12)10(14)17-11(15)8(9)13/h5-6H,2-4H2,1H3,(H,16,17). The van der Waals surface area contributed by atoms with E-state index in [9.17, 15) is 17.6 Å². The van der Waals surface area contributed by atoms with Gasteiger partial charge in [0.15, 0.2) is 0 Å². The Bertz CT molecular complexity index is 423. The number of nitrogens with zero attached hydrogens (tertiary/aromatic N) is 1. The third kappa shape index (κ3) is 2.40. The van der Waals surface area contributed by atoms with Gasteiger partial charge < -0.3 is 10.1 Å². The molecule has 3 nitrogen and oxygen atoms in total. The molecule has 0 amide bonds. The SMILES string of the molecule is CC(Nc1c(F)c(F)nc(F)c1F)C1CCOC1. The first kappa shape index (κ1) is 13.1. The normalized spacial score (nSPS) is 21.1. The van der Waals surface area contributed by atoms with Crippen molar-refractivity contribution < 1.29 is 22.3 Å². The third-order valence-electron chi connectivity index (χ3n) is 3.04. The highest BCUT2D eigenvalue weighted by atomic mass is 19.2. The summed E-state index contributed by atoms with van der Waals surface area (Å²) >= 11 is 0. The lowest BCUT2D eigenvalue weighted by molar-refractivity contribution is 0.183. The van der Waals surface area contributed by atoms with Gasteiger partial charge in [0.2, 0.25) is 11.6 Å². The summed E-state index contributed by atoms with van der Waals surface area (Å²) in [6.45, 7) is 2.70. The minimum absolute atomic E-state index is 0.0445. The van der Waals surface area contributed by atoms with E-state index in [-0.39, 0.29) is 12.0 Å². The van der Waals surface area contributed by atoms with Gasteiger partial charge in [-0.05, 0) is 13.3 Å². The maximum absolute atomic E-state index is 13.4. The third-order valence-corrected chi connectivity index (χ3v) is 3.04. The minimum Gasteiger partial charge on any atom is -0.381 e. The molecule has 7 heteroatoms. The van der Waals surface area contributed by atoms with Crippen LogP contribution in [-0.2, 0) is 4.74 Å². The molecule has 0 spiro atoms. The topological polar surface area (TPSA) is 34.2 Å². The molecular weight excluding hydrogens is 252 g/mol. The van der Waals surface area contributed by atoms with Crippen molar-refractivity contribution in [3.8, 4) is 0 Å². The fourth-order valence-corrected chi connectivity index (χ4v) is 1.91. The van der Waals surface area contributed by atoms with Crippen molar-refractivity contribution in [1.82, 2.24) is 4.98 Å². The molecule has 1 aromatic rings. The summed E-state index contributed by atoms with van der Waals surface area (Å²) < 4.78 is 57.6. The van der Waals surface area contributed by atoms with Crippen LogP contribution < -0.4 is 5.32 Å². The lowest BCUT2D eigenvalue weighted by Gasteiger charge is -2.21. The van der Waals surface area contributed by atoms with Gasteiger partial charge in [-0.2, -0.15) is 22.5 Å². The van der Waals surface area contributed by atoms with E-state index in [0.29, 0.717) is 13.2 Å². The summed E-state index contributed by atoms with van der Waals surface area (Å²) in [5.41, 5.74) is -0.820. The van der Waals surface area contributed by atoms with Crippen molar-refractivity contribution in [2.75, 3.05) is 18.5 Å². The van der Waals surface area contributed by atoms with Gasteiger partial charge in [0, 0.05) is 18.6 Å². The van der Waals surface area contributed by atoms with Gasteiger partial charge >= 0.3 is 0 Å². The van der Waals surface area contributed by atoms with Crippen molar-refractivity contribution in [3.63, 3.8) is 0 Å². The molecule has 18 heavy (non-hydrogen) atoms. The molecule has 0 bridgehead atoms. The Kier molecular flexibility index (Phi) is 3.70. The van der Waals surface area contributed by atoms with Crippen LogP contribution >= 0.6 is 0 Å². The van der Waals surface area contributed by atoms with Gasteiger partial charge in [0.05, 0.1) is 6.61 Å². The summed E-state index contributed by atoms with van der Waals surface area (Å²) in [4.78, 5) is 2.49. The molecule has 0 aromatic carbocycles. The molecule has 1 aromatic heterocycles. The monoisotopic (exact) mass is 264 g/mol. The molecule has 0 radical (unpaired) electrons. The first-order chi connectivity index (χ1) is 8.50. The summed E-state index contributed by atoms with van der Waals surface area (Å²) in [5, 5.41) is 2.45. The quantitative estimate of drug-likeness (QED) is 0.672. The number of aromatic nitrogens is 1. The van der Waals surface area contributed by atoms with E-state index in [0.717, 1.165) is 6.42 Å². The number of ether oxygens (including phenoxy) is 1. The number of pyridine rings is 1. The number of hydrogen-bond donors (Lipinski definition) is 1. The molecule has 100 valence electrons. The molecule has 1 N–H and O–H groups in total. The average Bonchev–Trinajstić information content (AvgIpc) is 2.85. The van der Waals surface area contributed by atoms with Gasteiger partial charge in [-0.3, -0.25) is 0 Å². The number of hydrogen-bond acceptors (Lipinski definition) is 3. The highest BCUT2D eigenvalue weighted by Crippen LogP contribution is 2.26. The largest absolute Gasteiger partial charge is 0.381 e. The predicted octanol–water partition coefficient (Wildman–Crippen LogP) is 2.47. The van der Waals surface area contributed by atoms with E-state index < -0.39 is 29.2 Å². The highest BCUT2D eigenvalue weighted by Gasteiger charge is 2.26. The molecule has 1 aliphatic rings. The first-order valence-electron chi connectivity index (χ1n) is 5.55. The fraction of sp³-hybridized carbons (Fsp3) is 0.545. The van der Waals surface area contributed by atoms with Gasteiger partial charge in [-0.25, -0.2) is 0 Å². The number of halogens is 4. The first-order valence-corrected chi connectivity index (χ1v) is 5.55. The average molecular weight is 264 g/mol. The lowest BCUT2D eigenvalue weighted by Crippen LogP contribution is -2.27. The molecule has 2 atom stereocenters. The molecule has 2 unspecified atom stereocenters. The highest BCUT2D eigenvalue weighted by molar-refractivity contribution is 5.46. The van der Waals surface area contributed by atoms with Crippen LogP contribution in [0.15, 0.2) is 0 Å². The summed E-state index contributed by atoms with van der Waals surface area (Å²) in [6.07, 6.45) is 0.730. The van der Waals surface area contributed by atoms with Crippen molar-refractivity contribution in [2.24, 2.45) is 5.92 Å². The zero-order chi connectivity index (χ0) is 13.3. The van der Waals surface area contributed by atoms with Gasteiger partial charge in [-0.15, -0.1) is 0 Å². The van der Waals surface area contributed by atoms with E-state index in [2.05, 4.69) is 10.3 Å². The van der Waals surface area contributed by atoms with E-state index in [1.807, 2.05) is 0 Å². The zero-order valence-electron chi connectivity index (χ0n) is 9.64. The van der Waals surface area contributed by atoms with Crippen molar-refractivity contribution in [2.45, 2.75) is 19.4 Å². The molecular formula is C11H12F4N2O. The van der Waals surface area contributed by atoms with Crippen LogP contribution in [0.4, 0.5) is 23.2 Å². The summed E-state index contributed by atoms with van der Waals surface area (Å²) in [5.74, 6) is -6.31. The van der Waals surface area contributed by atoms with E-state index in [4.69, 9.17) is 4.74 Å². The second kappa shape index (κ2) is 5.09. The Labute approximate surface area is 101 Å². The Balaban J connectivity index is 2.22. The van der Waals surface area contributed by atoms with Gasteiger partial charge in [0.1, 0.15) is 5.69 Å². The minimum atomic E-state index is -1.66. The Morgan fingerprint density at radius 3 is 2.33 bits per heavy atom. The Morgan fingerprint density at radius 2 is 1.83 bits per heavy atom. The predicted molar refractivity (Wildman–Crippen MR) is 56.1 cm³/mol. The Hall–Kier alpha value is -1.37. The molecule has 0 saturated carbocycles. The van der Waals surface area contributed by atoms with Crippen molar-refractivity contribution in [3.05, 3.63) is 23.5 Å². The van der Waals surface area contributed by atoms with E-state index in [1.54, 1.807) is 6.92 Å². The molecule has 1 fully saturated rings. The van der Waals surface area contributed by atoms with Crippen molar-refractivity contribution >= 4 is 5.69 Å². The molecule has 2 rings (SSSR count). The summed E-state index contributed by atoms with van der Waals surface area (Å²) in [7, 11) is 0. The zero-order valence-corrected chi connectivity index (χ0v) is 9.64. The molecule has 1 saturated heterocycles. The van der Waals surface area contributed by atoms with Crippen LogP contribution in [0.25, 0.3) is 0 Å². The molecule has 1 aliphatic heterocycles. The second-order valence-electron chi connectivity index (χ2n) is 4.25.